The van der Waals surface area contributed by atoms with Crippen molar-refractivity contribution in [2.75, 3.05) is 13.2 Å². The summed E-state index contributed by atoms with van der Waals surface area (Å²) < 4.78 is 15.7. The topological polar surface area (TPSA) is 123 Å². The second kappa shape index (κ2) is 8.30. The van der Waals surface area contributed by atoms with Gasteiger partial charge < -0.3 is 19.3 Å². The molecule has 0 bridgehead atoms. The number of esters is 1. The standard InChI is InChI=1S/C19H18N2O7/c1-11-6-7-12(13(22)8-11)19(25)27-10-17(23)20-21-18(24)16-9-26-14-4-2-3-5-15(14)28-16/h2-8,16,22H,9-10H2,1H3,(H,20,23)(H,21,24)/t16-/m1/s1. The molecule has 0 aliphatic carbocycles. The van der Waals surface area contributed by atoms with E-state index in [1.165, 1.54) is 12.1 Å². The number of hydrogen-bond acceptors (Lipinski definition) is 7. The van der Waals surface area contributed by atoms with Crippen LogP contribution in [0.1, 0.15) is 15.9 Å². The molecule has 1 atom stereocenters. The molecular weight excluding hydrogens is 368 g/mol. The van der Waals surface area contributed by atoms with Gasteiger partial charge in [0.15, 0.2) is 18.1 Å². The van der Waals surface area contributed by atoms with Crippen LogP contribution in [0.4, 0.5) is 0 Å². The lowest BCUT2D eigenvalue weighted by atomic mass is 10.1. The van der Waals surface area contributed by atoms with E-state index in [0.29, 0.717) is 11.5 Å². The minimum Gasteiger partial charge on any atom is -0.507 e. The molecule has 2 amide bonds. The molecule has 1 heterocycles. The molecule has 1 aliphatic heterocycles. The number of fused-ring (bicyclic) bond motifs is 1. The fourth-order valence-electron chi connectivity index (χ4n) is 2.42. The van der Waals surface area contributed by atoms with E-state index in [0.717, 1.165) is 5.56 Å². The Labute approximate surface area is 160 Å². The number of ether oxygens (including phenoxy) is 3. The zero-order valence-corrected chi connectivity index (χ0v) is 14.9. The maximum Gasteiger partial charge on any atom is 0.342 e. The molecule has 0 saturated carbocycles. The SMILES string of the molecule is Cc1ccc(C(=O)OCC(=O)NNC(=O)[C@H]2COc3ccccc3O2)c(O)c1. The van der Waals surface area contributed by atoms with Crippen LogP contribution in [-0.4, -0.2) is 42.2 Å². The smallest absolute Gasteiger partial charge is 0.342 e. The summed E-state index contributed by atoms with van der Waals surface area (Å²) in [7, 11) is 0. The van der Waals surface area contributed by atoms with E-state index in [2.05, 4.69) is 10.9 Å². The maximum atomic E-state index is 12.1. The van der Waals surface area contributed by atoms with Crippen LogP contribution < -0.4 is 20.3 Å². The minimum atomic E-state index is -0.942. The molecule has 2 aromatic carbocycles. The van der Waals surface area contributed by atoms with Gasteiger partial charge in [0.25, 0.3) is 11.8 Å². The van der Waals surface area contributed by atoms with Crippen LogP contribution in [0.15, 0.2) is 42.5 Å². The Morgan fingerprint density at radius 2 is 1.89 bits per heavy atom. The van der Waals surface area contributed by atoms with Crippen molar-refractivity contribution in [2.45, 2.75) is 13.0 Å². The fourth-order valence-corrected chi connectivity index (χ4v) is 2.42. The summed E-state index contributed by atoms with van der Waals surface area (Å²) in [6.07, 6.45) is -0.942. The Kier molecular flexibility index (Phi) is 5.64. The molecule has 9 nitrogen and oxygen atoms in total. The summed E-state index contributed by atoms with van der Waals surface area (Å²) in [5.41, 5.74) is 5.01. The van der Waals surface area contributed by atoms with E-state index in [1.54, 1.807) is 37.3 Å². The van der Waals surface area contributed by atoms with E-state index >= 15 is 0 Å². The van der Waals surface area contributed by atoms with Gasteiger partial charge in [-0.05, 0) is 36.8 Å². The zero-order valence-electron chi connectivity index (χ0n) is 14.9. The summed E-state index contributed by atoms with van der Waals surface area (Å²) >= 11 is 0. The molecule has 0 saturated heterocycles. The highest BCUT2D eigenvalue weighted by molar-refractivity contribution is 5.94. The molecule has 2 aromatic rings. The zero-order chi connectivity index (χ0) is 20.1. The summed E-state index contributed by atoms with van der Waals surface area (Å²) in [6.45, 7) is 1.10. The van der Waals surface area contributed by atoms with Gasteiger partial charge in [-0.15, -0.1) is 0 Å². The Bertz CT molecular complexity index is 913. The van der Waals surface area contributed by atoms with Crippen molar-refractivity contribution in [3.63, 3.8) is 0 Å². The van der Waals surface area contributed by atoms with Gasteiger partial charge in [-0.25, -0.2) is 4.79 Å². The van der Waals surface area contributed by atoms with Crippen molar-refractivity contribution in [1.82, 2.24) is 10.9 Å². The monoisotopic (exact) mass is 386 g/mol. The molecular formula is C19H18N2O7. The van der Waals surface area contributed by atoms with Crippen molar-refractivity contribution < 1.29 is 33.7 Å². The largest absolute Gasteiger partial charge is 0.507 e. The van der Waals surface area contributed by atoms with Gasteiger partial charge in [0.2, 0.25) is 6.10 Å². The average Bonchev–Trinajstić information content (AvgIpc) is 2.69. The van der Waals surface area contributed by atoms with Crippen molar-refractivity contribution in [2.24, 2.45) is 0 Å². The third-order valence-corrected chi connectivity index (χ3v) is 3.83. The van der Waals surface area contributed by atoms with Crippen molar-refractivity contribution in [3.8, 4) is 17.2 Å². The van der Waals surface area contributed by atoms with E-state index < -0.39 is 30.5 Å². The van der Waals surface area contributed by atoms with Gasteiger partial charge >= 0.3 is 5.97 Å². The second-order valence-electron chi connectivity index (χ2n) is 6.00. The van der Waals surface area contributed by atoms with Crippen molar-refractivity contribution >= 4 is 17.8 Å². The lowest BCUT2D eigenvalue weighted by Crippen LogP contribution is -2.51. The summed E-state index contributed by atoms with van der Waals surface area (Å²) in [5.74, 6) is -1.53. The molecule has 0 radical (unpaired) electrons. The Morgan fingerprint density at radius 3 is 2.64 bits per heavy atom. The van der Waals surface area contributed by atoms with Crippen molar-refractivity contribution in [1.29, 1.82) is 0 Å². The molecule has 0 aromatic heterocycles. The number of aromatic hydroxyl groups is 1. The normalized spacial score (nSPS) is 14.7. The summed E-state index contributed by atoms with van der Waals surface area (Å²) in [4.78, 5) is 35.7. The number of benzene rings is 2. The first-order valence-electron chi connectivity index (χ1n) is 8.38. The number of carbonyl (C=O) groups excluding carboxylic acids is 3. The molecule has 146 valence electrons. The van der Waals surface area contributed by atoms with Gasteiger partial charge in [0.05, 0.1) is 0 Å². The molecule has 0 fully saturated rings. The first-order valence-corrected chi connectivity index (χ1v) is 8.38. The quantitative estimate of drug-likeness (QED) is 0.526. The Hall–Kier alpha value is -3.75. The highest BCUT2D eigenvalue weighted by Crippen LogP contribution is 2.30. The number of hydrazine groups is 1. The number of aryl methyl sites for hydroxylation is 1. The number of para-hydroxylation sites is 2. The summed E-state index contributed by atoms with van der Waals surface area (Å²) in [6, 6.07) is 11.3. The molecule has 0 spiro atoms. The predicted octanol–water partition coefficient (Wildman–Crippen LogP) is 0.845. The second-order valence-corrected chi connectivity index (χ2v) is 6.00. The lowest BCUT2D eigenvalue weighted by Gasteiger charge is -2.25. The summed E-state index contributed by atoms with van der Waals surface area (Å²) in [5, 5.41) is 9.73. The fraction of sp³-hybridized carbons (Fsp3) is 0.211. The number of carbonyl (C=O) groups is 3. The first kappa shape index (κ1) is 19.0. The third kappa shape index (κ3) is 4.50. The highest BCUT2D eigenvalue weighted by atomic mass is 16.6. The lowest BCUT2D eigenvalue weighted by molar-refractivity contribution is -0.135. The number of phenolic OH excluding ortho intramolecular Hbond substituents is 1. The van der Waals surface area contributed by atoms with Crippen LogP contribution in [0.3, 0.4) is 0 Å². The van der Waals surface area contributed by atoms with E-state index in [4.69, 9.17) is 14.2 Å². The number of hydrogen-bond donors (Lipinski definition) is 3. The van der Waals surface area contributed by atoms with Crippen LogP contribution in [0.5, 0.6) is 17.2 Å². The van der Waals surface area contributed by atoms with Gasteiger partial charge in [-0.2, -0.15) is 0 Å². The Morgan fingerprint density at radius 1 is 1.14 bits per heavy atom. The van der Waals surface area contributed by atoms with Crippen LogP contribution >= 0.6 is 0 Å². The molecule has 9 heteroatoms. The predicted molar refractivity (Wildman–Crippen MR) is 95.8 cm³/mol. The minimum absolute atomic E-state index is 0.0135. The highest BCUT2D eigenvalue weighted by Gasteiger charge is 2.27. The number of phenols is 1. The molecule has 1 aliphatic rings. The number of rotatable bonds is 4. The third-order valence-electron chi connectivity index (χ3n) is 3.83. The van der Waals surface area contributed by atoms with Crippen LogP contribution in [0.25, 0.3) is 0 Å². The molecule has 3 N–H and O–H groups in total. The van der Waals surface area contributed by atoms with Crippen LogP contribution in [0.2, 0.25) is 0 Å². The average molecular weight is 386 g/mol. The molecule has 0 unspecified atom stereocenters. The van der Waals surface area contributed by atoms with Gasteiger partial charge in [-0.3, -0.25) is 20.4 Å². The number of nitrogens with one attached hydrogen (secondary N) is 2. The Balaban J connectivity index is 1.44. The van der Waals surface area contributed by atoms with Gasteiger partial charge in [-0.1, -0.05) is 18.2 Å². The van der Waals surface area contributed by atoms with Gasteiger partial charge in [0, 0.05) is 0 Å². The molecule has 3 rings (SSSR count). The maximum absolute atomic E-state index is 12.1. The van der Waals surface area contributed by atoms with Crippen LogP contribution in [-0.2, 0) is 14.3 Å². The van der Waals surface area contributed by atoms with Crippen LogP contribution in [0, 0.1) is 6.92 Å². The van der Waals surface area contributed by atoms with E-state index in [9.17, 15) is 19.5 Å². The van der Waals surface area contributed by atoms with Gasteiger partial charge in [0.1, 0.15) is 17.9 Å². The molecule has 28 heavy (non-hydrogen) atoms. The number of amides is 2. The van der Waals surface area contributed by atoms with E-state index in [1.807, 2.05) is 0 Å². The van der Waals surface area contributed by atoms with Crippen molar-refractivity contribution in [3.05, 3.63) is 53.6 Å². The first-order chi connectivity index (χ1) is 13.4. The van der Waals surface area contributed by atoms with E-state index in [-0.39, 0.29) is 17.9 Å².